The monoisotopic (exact) mass is 638 g/mol. The van der Waals surface area contributed by atoms with Crippen LogP contribution < -0.4 is 9.47 Å². The van der Waals surface area contributed by atoms with Gasteiger partial charge in [-0.05, 0) is 135 Å². The van der Waals surface area contributed by atoms with Gasteiger partial charge >= 0.3 is 12.5 Å². The van der Waals surface area contributed by atoms with Gasteiger partial charge in [-0.3, -0.25) is 0 Å². The molecule has 0 heterocycles. The summed E-state index contributed by atoms with van der Waals surface area (Å²) in [5, 5.41) is 0. The summed E-state index contributed by atoms with van der Waals surface area (Å²) in [6.07, 6.45) is 8.47. The molecule has 0 amide bonds. The van der Waals surface area contributed by atoms with Gasteiger partial charge < -0.3 is 9.47 Å². The normalized spacial score (nSPS) is 28.1. The lowest BCUT2D eigenvalue weighted by molar-refractivity contribution is -0.274. The van der Waals surface area contributed by atoms with E-state index in [4.69, 9.17) is 4.74 Å². The van der Waals surface area contributed by atoms with Gasteiger partial charge in [0.15, 0.2) is 0 Å². The number of ether oxygens (including phenoxy) is 2. The molecule has 2 aromatic rings. The summed E-state index contributed by atoms with van der Waals surface area (Å²) in [7, 11) is 0. The van der Waals surface area contributed by atoms with Gasteiger partial charge in [0, 0.05) is 0 Å². The molecule has 2 nitrogen and oxygen atoms in total. The summed E-state index contributed by atoms with van der Waals surface area (Å²) < 4.78 is 91.0. The first-order valence-electron chi connectivity index (χ1n) is 17.2. The zero-order valence-corrected chi connectivity index (χ0v) is 26.4. The van der Waals surface area contributed by atoms with E-state index in [1.165, 1.54) is 64.2 Å². The minimum absolute atomic E-state index is 0.127. The quantitative estimate of drug-likeness (QED) is 0.180. The molecule has 0 radical (unpaired) electrons. The predicted molar refractivity (Wildman–Crippen MR) is 164 cm³/mol. The second-order valence-electron chi connectivity index (χ2n) is 13.9. The van der Waals surface area contributed by atoms with Crippen LogP contribution in [0.25, 0.3) is 0 Å². The Hall–Kier alpha value is -2.38. The van der Waals surface area contributed by atoms with Gasteiger partial charge in [-0.2, -0.15) is 8.78 Å². The topological polar surface area (TPSA) is 18.5 Å². The van der Waals surface area contributed by atoms with Crippen LogP contribution >= 0.6 is 0 Å². The van der Waals surface area contributed by atoms with Crippen molar-refractivity contribution in [2.24, 2.45) is 23.7 Å². The molecule has 5 rings (SSSR count). The molecule has 0 saturated heterocycles. The SMILES string of the molecule is CCCCCC1CCC(C2CCC(c3ccc(C4CCC(C(F)(F)Oc5ccc(OC(F)(F)F)cc5)CC4)c(F)c3)CC2)CC1. The van der Waals surface area contributed by atoms with Crippen LogP contribution in [-0.2, 0) is 0 Å². The van der Waals surface area contributed by atoms with Gasteiger partial charge in [-0.15, -0.1) is 13.2 Å². The van der Waals surface area contributed by atoms with E-state index >= 15 is 4.39 Å². The van der Waals surface area contributed by atoms with Crippen LogP contribution in [0.3, 0.4) is 0 Å². The molecule has 3 saturated carbocycles. The minimum Gasteiger partial charge on any atom is -0.432 e. The fourth-order valence-electron chi connectivity index (χ4n) is 8.37. The number of halogens is 6. The molecule has 3 fully saturated rings. The lowest BCUT2D eigenvalue weighted by atomic mass is 9.68. The summed E-state index contributed by atoms with van der Waals surface area (Å²) in [5.41, 5.74) is 1.67. The highest BCUT2D eigenvalue weighted by Crippen LogP contribution is 2.47. The first-order valence-corrected chi connectivity index (χ1v) is 17.2. The molecule has 0 spiro atoms. The third-order valence-electron chi connectivity index (χ3n) is 11.0. The van der Waals surface area contributed by atoms with E-state index in [2.05, 4.69) is 17.7 Å². The Balaban J connectivity index is 1.07. The van der Waals surface area contributed by atoms with Gasteiger partial charge in [0.2, 0.25) is 0 Å². The maximum absolute atomic E-state index is 15.4. The third kappa shape index (κ3) is 9.34. The van der Waals surface area contributed by atoms with Gasteiger partial charge in [0.25, 0.3) is 0 Å². The fraction of sp³-hybridized carbons (Fsp3) is 0.676. The molecule has 0 N–H and O–H groups in total. The average molecular weight is 639 g/mol. The molecule has 45 heavy (non-hydrogen) atoms. The average Bonchev–Trinajstić information content (AvgIpc) is 3.02. The Morgan fingerprint density at radius 2 is 1.20 bits per heavy atom. The summed E-state index contributed by atoms with van der Waals surface area (Å²) in [6, 6.07) is 9.57. The smallest absolute Gasteiger partial charge is 0.432 e. The van der Waals surface area contributed by atoms with E-state index in [-0.39, 0.29) is 30.3 Å². The summed E-state index contributed by atoms with van der Waals surface area (Å²) in [5.74, 6) is 0.815. The van der Waals surface area contributed by atoms with E-state index in [9.17, 15) is 22.0 Å². The highest BCUT2D eigenvalue weighted by atomic mass is 19.4. The Morgan fingerprint density at radius 3 is 1.76 bits per heavy atom. The van der Waals surface area contributed by atoms with E-state index in [0.717, 1.165) is 60.4 Å². The van der Waals surface area contributed by atoms with Crippen molar-refractivity contribution in [2.75, 3.05) is 0 Å². The Morgan fingerprint density at radius 1 is 0.644 bits per heavy atom. The van der Waals surface area contributed by atoms with Gasteiger partial charge in [0.1, 0.15) is 17.3 Å². The van der Waals surface area contributed by atoms with Gasteiger partial charge in [-0.25, -0.2) is 4.39 Å². The second kappa shape index (κ2) is 15.0. The number of hydrogen-bond acceptors (Lipinski definition) is 2. The number of unbranched alkanes of at least 4 members (excludes halogenated alkanes) is 2. The van der Waals surface area contributed by atoms with Crippen molar-refractivity contribution < 1.29 is 35.8 Å². The van der Waals surface area contributed by atoms with E-state index in [0.29, 0.717) is 24.3 Å². The van der Waals surface area contributed by atoms with Crippen molar-refractivity contribution in [3.63, 3.8) is 0 Å². The lowest BCUT2D eigenvalue weighted by Gasteiger charge is -2.38. The Bertz CT molecular complexity index is 1190. The number of hydrogen-bond donors (Lipinski definition) is 0. The lowest BCUT2D eigenvalue weighted by Crippen LogP contribution is -2.37. The van der Waals surface area contributed by atoms with E-state index < -0.39 is 24.1 Å². The highest BCUT2D eigenvalue weighted by Gasteiger charge is 2.44. The van der Waals surface area contributed by atoms with Gasteiger partial charge in [-0.1, -0.05) is 57.6 Å². The van der Waals surface area contributed by atoms with Crippen LogP contribution in [0.15, 0.2) is 42.5 Å². The maximum atomic E-state index is 15.4. The van der Waals surface area contributed by atoms with Crippen molar-refractivity contribution in [3.05, 3.63) is 59.4 Å². The van der Waals surface area contributed by atoms with Crippen LogP contribution in [0, 0.1) is 29.5 Å². The maximum Gasteiger partial charge on any atom is 0.573 e. The molecular weight excluding hydrogens is 590 g/mol. The predicted octanol–water partition coefficient (Wildman–Crippen LogP) is 12.3. The molecule has 2 aromatic carbocycles. The summed E-state index contributed by atoms with van der Waals surface area (Å²) in [6.45, 7) is 2.27. The zero-order valence-electron chi connectivity index (χ0n) is 26.4. The van der Waals surface area contributed by atoms with Crippen LogP contribution in [-0.4, -0.2) is 12.5 Å². The summed E-state index contributed by atoms with van der Waals surface area (Å²) >= 11 is 0. The van der Waals surface area contributed by atoms with Crippen molar-refractivity contribution in [1.82, 2.24) is 0 Å². The molecule has 0 bridgehead atoms. The van der Waals surface area contributed by atoms with Crippen molar-refractivity contribution in [1.29, 1.82) is 0 Å². The zero-order chi connectivity index (χ0) is 32.0. The first kappa shape index (κ1) is 34.0. The van der Waals surface area contributed by atoms with Gasteiger partial charge in [0.05, 0.1) is 5.92 Å². The Kier molecular flexibility index (Phi) is 11.3. The fourth-order valence-corrected chi connectivity index (χ4v) is 8.37. The minimum atomic E-state index is -4.86. The molecule has 250 valence electrons. The molecule has 0 atom stereocenters. The molecule has 3 aliphatic carbocycles. The highest BCUT2D eigenvalue weighted by molar-refractivity contribution is 5.32. The second-order valence-corrected chi connectivity index (χ2v) is 13.9. The number of benzene rings is 2. The Labute approximate surface area is 264 Å². The standard InChI is InChI=1S/C37H48F6O2/c1-2-3-4-5-25-6-8-26(9-7-25)27-10-12-28(13-11-27)30-16-23-34(35(38)24-30)29-14-17-31(18-15-29)36(39,40)44-32-19-21-33(22-20-32)45-37(41,42)43/h16,19-29,31H,2-15,17-18H2,1H3. The van der Waals surface area contributed by atoms with Crippen LogP contribution in [0.1, 0.15) is 133 Å². The third-order valence-corrected chi connectivity index (χ3v) is 11.0. The molecule has 0 unspecified atom stereocenters. The first-order chi connectivity index (χ1) is 21.5. The number of alkyl halides is 5. The van der Waals surface area contributed by atoms with Crippen molar-refractivity contribution >= 4 is 0 Å². The molecule has 0 aliphatic heterocycles. The van der Waals surface area contributed by atoms with E-state index in [1.54, 1.807) is 6.07 Å². The van der Waals surface area contributed by atoms with Crippen molar-refractivity contribution in [2.45, 2.75) is 134 Å². The van der Waals surface area contributed by atoms with Crippen LogP contribution in [0.4, 0.5) is 26.3 Å². The van der Waals surface area contributed by atoms with Crippen LogP contribution in [0.2, 0.25) is 0 Å². The molecule has 3 aliphatic rings. The summed E-state index contributed by atoms with van der Waals surface area (Å²) in [4.78, 5) is 0. The molecular formula is C37H48F6O2. The van der Waals surface area contributed by atoms with E-state index in [1.807, 2.05) is 6.07 Å². The number of rotatable bonds is 11. The largest absolute Gasteiger partial charge is 0.573 e. The van der Waals surface area contributed by atoms with Crippen molar-refractivity contribution in [3.8, 4) is 11.5 Å². The molecule has 0 aromatic heterocycles. The van der Waals surface area contributed by atoms with Crippen LogP contribution in [0.5, 0.6) is 11.5 Å². The molecule has 8 heteroatoms.